The lowest BCUT2D eigenvalue weighted by Gasteiger charge is -2.31. The van der Waals surface area contributed by atoms with Crippen molar-refractivity contribution in [3.05, 3.63) is 28.5 Å². The first-order valence-corrected chi connectivity index (χ1v) is 6.62. The number of nitrogens with two attached hydrogens (primary N) is 1. The van der Waals surface area contributed by atoms with Crippen LogP contribution in [0.2, 0.25) is 0 Å². The van der Waals surface area contributed by atoms with Crippen LogP contribution in [0.4, 0.5) is 0 Å². The molecule has 2 rings (SSSR count). The van der Waals surface area contributed by atoms with E-state index in [1.54, 1.807) is 0 Å². The Bertz CT molecular complexity index is 415. The van der Waals surface area contributed by atoms with Gasteiger partial charge >= 0.3 is 0 Å². The number of hydrogen-bond acceptors (Lipinski definition) is 4. The van der Waals surface area contributed by atoms with Crippen molar-refractivity contribution in [1.29, 1.82) is 0 Å². The first kappa shape index (κ1) is 12.4. The fourth-order valence-electron chi connectivity index (χ4n) is 2.06. The van der Waals surface area contributed by atoms with E-state index in [1.807, 2.05) is 18.3 Å². The van der Waals surface area contributed by atoms with Crippen molar-refractivity contribution in [3.8, 4) is 0 Å². The lowest BCUT2D eigenvalue weighted by Crippen LogP contribution is -2.42. The molecule has 4 nitrogen and oxygen atoms in total. The van der Waals surface area contributed by atoms with Gasteiger partial charge in [-0.05, 0) is 41.4 Å². The highest BCUT2D eigenvalue weighted by molar-refractivity contribution is 9.10. The fraction of sp³-hybridized carbons (Fsp3) is 0.500. The second kappa shape index (κ2) is 5.04. The molecule has 1 aromatic heterocycles. The number of aliphatic imine (C=N–C) groups is 1. The van der Waals surface area contributed by atoms with Crippen molar-refractivity contribution in [2.24, 2.45) is 10.7 Å². The van der Waals surface area contributed by atoms with E-state index in [-0.39, 0.29) is 6.04 Å². The van der Waals surface area contributed by atoms with Crippen molar-refractivity contribution in [1.82, 2.24) is 9.88 Å². The standard InChI is InChI=1S/C12H17BrN4/c1-3-8(2)17-11(7-16-12(17)14)10-5-4-9(13)6-15-10/h4-6,8,11H,3,7H2,1-2H3,(H2,14,16). The highest BCUT2D eigenvalue weighted by Gasteiger charge is 2.31. The highest BCUT2D eigenvalue weighted by Crippen LogP contribution is 2.27. The van der Waals surface area contributed by atoms with Gasteiger partial charge in [0, 0.05) is 16.7 Å². The second-order valence-electron chi connectivity index (χ2n) is 4.28. The van der Waals surface area contributed by atoms with Gasteiger partial charge in [-0.2, -0.15) is 0 Å². The first-order chi connectivity index (χ1) is 8.13. The molecule has 0 bridgehead atoms. The predicted molar refractivity (Wildman–Crippen MR) is 72.8 cm³/mol. The Morgan fingerprint density at radius 2 is 2.35 bits per heavy atom. The third kappa shape index (κ3) is 2.44. The minimum atomic E-state index is 0.179. The van der Waals surface area contributed by atoms with Crippen molar-refractivity contribution in [3.63, 3.8) is 0 Å². The van der Waals surface area contributed by atoms with Crippen LogP contribution in [0.3, 0.4) is 0 Å². The van der Waals surface area contributed by atoms with Gasteiger partial charge in [0.1, 0.15) is 0 Å². The van der Waals surface area contributed by atoms with E-state index in [9.17, 15) is 0 Å². The lowest BCUT2D eigenvalue weighted by molar-refractivity contribution is 0.264. The summed E-state index contributed by atoms with van der Waals surface area (Å²) in [4.78, 5) is 10.9. The third-order valence-corrected chi connectivity index (χ3v) is 3.65. The van der Waals surface area contributed by atoms with Gasteiger partial charge in [-0.25, -0.2) is 0 Å². The Morgan fingerprint density at radius 1 is 1.59 bits per heavy atom. The molecular weight excluding hydrogens is 280 g/mol. The van der Waals surface area contributed by atoms with Crippen LogP contribution < -0.4 is 5.73 Å². The van der Waals surface area contributed by atoms with Crippen LogP contribution >= 0.6 is 15.9 Å². The highest BCUT2D eigenvalue weighted by atomic mass is 79.9. The smallest absolute Gasteiger partial charge is 0.192 e. The molecule has 2 atom stereocenters. The van der Waals surface area contributed by atoms with E-state index in [4.69, 9.17) is 5.73 Å². The summed E-state index contributed by atoms with van der Waals surface area (Å²) in [5, 5.41) is 0. The molecule has 0 aromatic carbocycles. The molecule has 0 saturated heterocycles. The number of aromatic nitrogens is 1. The Balaban J connectivity index is 2.24. The molecule has 1 aromatic rings. The van der Waals surface area contributed by atoms with Gasteiger partial charge in [0.15, 0.2) is 5.96 Å². The fourth-order valence-corrected chi connectivity index (χ4v) is 2.29. The van der Waals surface area contributed by atoms with Gasteiger partial charge in [-0.15, -0.1) is 0 Å². The number of guanidine groups is 1. The normalized spacial score (nSPS) is 21.5. The van der Waals surface area contributed by atoms with E-state index in [0.717, 1.165) is 16.6 Å². The van der Waals surface area contributed by atoms with E-state index in [2.05, 4.69) is 44.7 Å². The first-order valence-electron chi connectivity index (χ1n) is 5.83. The van der Waals surface area contributed by atoms with Gasteiger partial charge in [-0.1, -0.05) is 6.92 Å². The zero-order valence-corrected chi connectivity index (χ0v) is 11.7. The van der Waals surface area contributed by atoms with Crippen molar-refractivity contribution >= 4 is 21.9 Å². The zero-order valence-electron chi connectivity index (χ0n) is 10.1. The van der Waals surface area contributed by atoms with Gasteiger partial charge in [0.05, 0.1) is 18.3 Å². The summed E-state index contributed by atoms with van der Waals surface area (Å²) in [5.74, 6) is 0.633. The van der Waals surface area contributed by atoms with E-state index in [0.29, 0.717) is 18.5 Å². The van der Waals surface area contributed by atoms with Crippen LogP contribution in [0, 0.1) is 0 Å². The zero-order chi connectivity index (χ0) is 12.4. The predicted octanol–water partition coefficient (Wildman–Crippen LogP) is 2.31. The Labute approximate surface area is 110 Å². The maximum Gasteiger partial charge on any atom is 0.192 e. The summed E-state index contributed by atoms with van der Waals surface area (Å²) in [7, 11) is 0. The molecule has 5 heteroatoms. The average molecular weight is 297 g/mol. The summed E-state index contributed by atoms with van der Waals surface area (Å²) in [6, 6.07) is 4.60. The Hall–Kier alpha value is -1.10. The summed E-state index contributed by atoms with van der Waals surface area (Å²) in [6.45, 7) is 5.02. The molecule has 0 amide bonds. The van der Waals surface area contributed by atoms with Gasteiger partial charge < -0.3 is 10.6 Å². The number of halogens is 1. The van der Waals surface area contributed by atoms with Gasteiger partial charge in [-0.3, -0.25) is 9.98 Å². The molecule has 17 heavy (non-hydrogen) atoms. The summed E-state index contributed by atoms with van der Waals surface area (Å²) in [6.07, 6.45) is 2.86. The van der Waals surface area contributed by atoms with Crippen molar-refractivity contribution < 1.29 is 0 Å². The number of nitrogens with zero attached hydrogens (tertiary/aromatic N) is 3. The average Bonchev–Trinajstić information content (AvgIpc) is 2.71. The molecule has 0 saturated carbocycles. The van der Waals surface area contributed by atoms with E-state index >= 15 is 0 Å². The topological polar surface area (TPSA) is 54.5 Å². The number of pyridine rings is 1. The van der Waals surface area contributed by atoms with Crippen LogP contribution in [-0.4, -0.2) is 28.4 Å². The molecule has 0 radical (unpaired) electrons. The SMILES string of the molecule is CCC(C)N1C(N)=NCC1c1ccc(Br)cn1. The molecule has 2 N–H and O–H groups in total. The van der Waals surface area contributed by atoms with Crippen LogP contribution in [0.25, 0.3) is 0 Å². The quantitative estimate of drug-likeness (QED) is 0.931. The molecule has 0 aliphatic carbocycles. The monoisotopic (exact) mass is 296 g/mol. The molecule has 2 heterocycles. The second-order valence-corrected chi connectivity index (χ2v) is 5.20. The Morgan fingerprint density at radius 3 is 2.94 bits per heavy atom. The van der Waals surface area contributed by atoms with Gasteiger partial charge in [0.2, 0.25) is 0 Å². The summed E-state index contributed by atoms with van der Waals surface area (Å²) < 4.78 is 0.989. The van der Waals surface area contributed by atoms with Crippen LogP contribution in [0.1, 0.15) is 32.0 Å². The molecule has 1 aliphatic rings. The minimum Gasteiger partial charge on any atom is -0.370 e. The van der Waals surface area contributed by atoms with Gasteiger partial charge in [0.25, 0.3) is 0 Å². The van der Waals surface area contributed by atoms with Crippen LogP contribution in [0.5, 0.6) is 0 Å². The molecule has 0 spiro atoms. The number of rotatable bonds is 3. The van der Waals surface area contributed by atoms with E-state index in [1.165, 1.54) is 0 Å². The van der Waals surface area contributed by atoms with Crippen LogP contribution in [-0.2, 0) is 0 Å². The minimum absolute atomic E-state index is 0.179. The van der Waals surface area contributed by atoms with Crippen LogP contribution in [0.15, 0.2) is 27.8 Å². The van der Waals surface area contributed by atoms with Crippen molar-refractivity contribution in [2.45, 2.75) is 32.4 Å². The van der Waals surface area contributed by atoms with Crippen molar-refractivity contribution in [2.75, 3.05) is 6.54 Å². The lowest BCUT2D eigenvalue weighted by atomic mass is 10.1. The number of hydrogen-bond donors (Lipinski definition) is 1. The molecule has 2 unspecified atom stereocenters. The molecule has 1 aliphatic heterocycles. The molecular formula is C12H17BrN4. The maximum atomic E-state index is 5.95. The molecule has 92 valence electrons. The van der Waals surface area contributed by atoms with E-state index < -0.39 is 0 Å². The Kier molecular flexibility index (Phi) is 3.66. The third-order valence-electron chi connectivity index (χ3n) is 3.18. The summed E-state index contributed by atoms with van der Waals surface area (Å²) >= 11 is 3.39. The maximum absolute atomic E-state index is 5.95. The summed E-state index contributed by atoms with van der Waals surface area (Å²) in [5.41, 5.74) is 6.98. The molecule has 0 fully saturated rings. The largest absolute Gasteiger partial charge is 0.370 e.